The molecule has 0 saturated heterocycles. The van der Waals surface area contributed by atoms with Crippen molar-refractivity contribution in [2.24, 2.45) is 5.92 Å². The molecule has 1 aromatic rings. The summed E-state index contributed by atoms with van der Waals surface area (Å²) in [6.07, 6.45) is 3.25. The van der Waals surface area contributed by atoms with Crippen molar-refractivity contribution >= 4 is 34.2 Å². The standard InChI is InChI=1S/C13H16ClIO/c1-9(10-2-3-10)16-13(8-15)11-4-6-12(14)7-5-11/h4-7,9-10,13H,2-3,8H2,1H3. The second-order valence-electron chi connectivity index (χ2n) is 4.37. The van der Waals surface area contributed by atoms with Crippen LogP contribution >= 0.6 is 34.2 Å². The first-order valence-electron chi connectivity index (χ1n) is 5.67. The summed E-state index contributed by atoms with van der Waals surface area (Å²) in [6, 6.07) is 7.99. The van der Waals surface area contributed by atoms with Crippen molar-refractivity contribution in [1.29, 1.82) is 0 Å². The summed E-state index contributed by atoms with van der Waals surface area (Å²) in [5, 5.41) is 0.784. The van der Waals surface area contributed by atoms with Crippen LogP contribution in [0.1, 0.15) is 31.4 Å². The number of benzene rings is 1. The van der Waals surface area contributed by atoms with Crippen molar-refractivity contribution in [3.8, 4) is 0 Å². The smallest absolute Gasteiger partial charge is 0.0918 e. The number of halogens is 2. The maximum Gasteiger partial charge on any atom is 0.0918 e. The lowest BCUT2D eigenvalue weighted by Crippen LogP contribution is -2.16. The molecule has 16 heavy (non-hydrogen) atoms. The first-order valence-corrected chi connectivity index (χ1v) is 7.58. The van der Waals surface area contributed by atoms with E-state index in [2.05, 4.69) is 41.6 Å². The second-order valence-corrected chi connectivity index (χ2v) is 5.69. The van der Waals surface area contributed by atoms with E-state index in [9.17, 15) is 0 Å². The van der Waals surface area contributed by atoms with Gasteiger partial charge in [-0.05, 0) is 43.4 Å². The molecule has 1 fully saturated rings. The van der Waals surface area contributed by atoms with Crippen LogP contribution in [0.4, 0.5) is 0 Å². The van der Waals surface area contributed by atoms with Gasteiger partial charge >= 0.3 is 0 Å². The molecule has 1 saturated carbocycles. The maximum atomic E-state index is 6.10. The van der Waals surface area contributed by atoms with Gasteiger partial charge < -0.3 is 4.74 Å². The fourth-order valence-electron chi connectivity index (χ4n) is 1.82. The van der Waals surface area contributed by atoms with E-state index in [-0.39, 0.29) is 6.10 Å². The topological polar surface area (TPSA) is 9.23 Å². The Morgan fingerprint density at radius 2 is 2.00 bits per heavy atom. The monoisotopic (exact) mass is 350 g/mol. The summed E-state index contributed by atoms with van der Waals surface area (Å²) >= 11 is 8.26. The minimum Gasteiger partial charge on any atom is -0.369 e. The molecule has 0 bridgehead atoms. The number of alkyl halides is 1. The normalized spacial score (nSPS) is 19.4. The number of hydrogen-bond acceptors (Lipinski definition) is 1. The van der Waals surface area contributed by atoms with E-state index < -0.39 is 0 Å². The van der Waals surface area contributed by atoms with Gasteiger partial charge in [0.15, 0.2) is 0 Å². The SMILES string of the molecule is CC(OC(CI)c1ccc(Cl)cc1)C1CC1. The summed E-state index contributed by atoms with van der Waals surface area (Å²) in [7, 11) is 0. The van der Waals surface area contributed by atoms with E-state index in [0.717, 1.165) is 15.4 Å². The molecule has 2 unspecified atom stereocenters. The molecule has 1 aliphatic carbocycles. The molecule has 1 nitrogen and oxygen atoms in total. The Bertz CT molecular complexity index is 334. The van der Waals surface area contributed by atoms with Crippen molar-refractivity contribution in [2.75, 3.05) is 4.43 Å². The molecule has 0 radical (unpaired) electrons. The molecule has 0 spiro atoms. The Balaban J connectivity index is 2.00. The summed E-state index contributed by atoms with van der Waals surface area (Å²) in [5.41, 5.74) is 1.23. The third-order valence-corrected chi connectivity index (χ3v) is 4.10. The third-order valence-electron chi connectivity index (χ3n) is 3.05. The molecular weight excluding hydrogens is 334 g/mol. The molecule has 2 rings (SSSR count). The zero-order chi connectivity index (χ0) is 11.5. The minimum absolute atomic E-state index is 0.202. The van der Waals surface area contributed by atoms with Gasteiger partial charge in [0.05, 0.1) is 12.2 Å². The van der Waals surface area contributed by atoms with E-state index in [1.54, 1.807) is 0 Å². The quantitative estimate of drug-likeness (QED) is 0.556. The fraction of sp³-hybridized carbons (Fsp3) is 0.538. The molecule has 1 aromatic carbocycles. The Labute approximate surface area is 116 Å². The van der Waals surface area contributed by atoms with Crippen LogP contribution in [0.15, 0.2) is 24.3 Å². The lowest BCUT2D eigenvalue weighted by atomic mass is 10.1. The van der Waals surface area contributed by atoms with Gasteiger partial charge in [-0.25, -0.2) is 0 Å². The van der Waals surface area contributed by atoms with Crippen LogP contribution in [0.5, 0.6) is 0 Å². The molecular formula is C13H16ClIO. The second kappa shape index (κ2) is 5.69. The van der Waals surface area contributed by atoms with Gasteiger partial charge in [0.2, 0.25) is 0 Å². The highest BCUT2D eigenvalue weighted by Gasteiger charge is 2.30. The molecule has 0 amide bonds. The fourth-order valence-corrected chi connectivity index (χ4v) is 2.66. The predicted octanol–water partition coefficient (Wildman–Crippen LogP) is 4.63. The van der Waals surface area contributed by atoms with Crippen molar-refractivity contribution in [3.05, 3.63) is 34.9 Å². The van der Waals surface area contributed by atoms with Gasteiger partial charge in [0.25, 0.3) is 0 Å². The van der Waals surface area contributed by atoms with Gasteiger partial charge in [0.1, 0.15) is 0 Å². The Morgan fingerprint density at radius 1 is 1.38 bits per heavy atom. The van der Waals surface area contributed by atoms with Crippen LogP contribution in [0, 0.1) is 5.92 Å². The summed E-state index contributed by atoms with van der Waals surface area (Å²) < 4.78 is 7.08. The molecule has 2 atom stereocenters. The van der Waals surface area contributed by atoms with E-state index in [0.29, 0.717) is 6.10 Å². The Hall–Kier alpha value is 0.200. The molecule has 88 valence electrons. The van der Waals surface area contributed by atoms with Crippen molar-refractivity contribution in [3.63, 3.8) is 0 Å². The molecule has 0 heterocycles. The zero-order valence-corrected chi connectivity index (χ0v) is 12.2. The molecule has 1 aliphatic rings. The van der Waals surface area contributed by atoms with Crippen LogP contribution in [0.3, 0.4) is 0 Å². The lowest BCUT2D eigenvalue weighted by molar-refractivity contribution is -0.000616. The van der Waals surface area contributed by atoms with Crippen LogP contribution < -0.4 is 0 Å². The summed E-state index contributed by atoms with van der Waals surface area (Å²) in [5.74, 6) is 0.790. The maximum absolute atomic E-state index is 6.10. The zero-order valence-electron chi connectivity index (χ0n) is 9.33. The first kappa shape index (κ1) is 12.7. The molecule has 0 N–H and O–H groups in total. The van der Waals surface area contributed by atoms with E-state index in [1.807, 2.05) is 12.1 Å². The average Bonchev–Trinajstić information content (AvgIpc) is 3.11. The van der Waals surface area contributed by atoms with Crippen LogP contribution in [-0.2, 0) is 4.74 Å². The van der Waals surface area contributed by atoms with E-state index in [1.165, 1.54) is 18.4 Å². The van der Waals surface area contributed by atoms with Gasteiger partial charge in [-0.2, -0.15) is 0 Å². The number of rotatable bonds is 5. The van der Waals surface area contributed by atoms with Crippen molar-refractivity contribution < 1.29 is 4.74 Å². The number of hydrogen-bond donors (Lipinski definition) is 0. The number of ether oxygens (including phenoxy) is 1. The van der Waals surface area contributed by atoms with E-state index in [4.69, 9.17) is 16.3 Å². The van der Waals surface area contributed by atoms with Gasteiger partial charge in [0, 0.05) is 9.45 Å². The van der Waals surface area contributed by atoms with Gasteiger partial charge in [-0.3, -0.25) is 0 Å². The largest absolute Gasteiger partial charge is 0.369 e. The van der Waals surface area contributed by atoms with Crippen molar-refractivity contribution in [2.45, 2.75) is 32.0 Å². The van der Waals surface area contributed by atoms with Gasteiger partial charge in [-0.1, -0.05) is 46.3 Å². The van der Waals surface area contributed by atoms with Crippen LogP contribution in [0.25, 0.3) is 0 Å². The molecule has 3 heteroatoms. The van der Waals surface area contributed by atoms with Crippen LogP contribution in [0.2, 0.25) is 5.02 Å². The first-order chi connectivity index (χ1) is 7.70. The van der Waals surface area contributed by atoms with Crippen LogP contribution in [-0.4, -0.2) is 10.5 Å². The van der Waals surface area contributed by atoms with Gasteiger partial charge in [-0.15, -0.1) is 0 Å². The highest BCUT2D eigenvalue weighted by Crippen LogP contribution is 2.36. The van der Waals surface area contributed by atoms with Crippen molar-refractivity contribution in [1.82, 2.24) is 0 Å². The molecule has 0 aliphatic heterocycles. The Kier molecular flexibility index (Phi) is 4.50. The molecule has 0 aromatic heterocycles. The Morgan fingerprint density at radius 3 is 2.50 bits per heavy atom. The highest BCUT2D eigenvalue weighted by molar-refractivity contribution is 14.1. The summed E-state index contributed by atoms with van der Waals surface area (Å²) in [4.78, 5) is 0. The summed E-state index contributed by atoms with van der Waals surface area (Å²) in [6.45, 7) is 2.19. The predicted molar refractivity (Wildman–Crippen MR) is 76.4 cm³/mol. The van der Waals surface area contributed by atoms with E-state index >= 15 is 0 Å². The minimum atomic E-state index is 0.202. The highest BCUT2D eigenvalue weighted by atomic mass is 127. The lowest BCUT2D eigenvalue weighted by Gasteiger charge is -2.21. The average molecular weight is 351 g/mol. The third kappa shape index (κ3) is 3.34.